The van der Waals surface area contributed by atoms with E-state index in [0.717, 1.165) is 5.56 Å². The molecule has 138 valence electrons. The highest BCUT2D eigenvalue weighted by Gasteiger charge is 2.13. The van der Waals surface area contributed by atoms with E-state index in [1.165, 1.54) is 0 Å². The Balaban J connectivity index is 1.72. The Bertz CT molecular complexity index is 954. The zero-order chi connectivity index (χ0) is 19.4. The van der Waals surface area contributed by atoms with Crippen LogP contribution >= 0.6 is 11.6 Å². The van der Waals surface area contributed by atoms with Gasteiger partial charge in [0.25, 0.3) is 0 Å². The molecular formula is C20H19ClN4O2. The maximum atomic E-state index is 12.3. The maximum absolute atomic E-state index is 12.3. The lowest BCUT2D eigenvalue weighted by atomic mass is 10.2. The lowest BCUT2D eigenvalue weighted by molar-refractivity contribution is 0.262. The van der Waals surface area contributed by atoms with Crippen molar-refractivity contribution < 1.29 is 9.53 Å². The SMILES string of the molecule is Cc1ccc(NC(=O)Nc2c(C)nc(Oc3ccccc3)nc2C)cc1Cl. The van der Waals surface area contributed by atoms with Crippen molar-refractivity contribution in [3.63, 3.8) is 0 Å². The smallest absolute Gasteiger partial charge is 0.323 e. The molecule has 27 heavy (non-hydrogen) atoms. The molecule has 3 aromatic rings. The summed E-state index contributed by atoms with van der Waals surface area (Å²) in [5.74, 6) is 0.644. The van der Waals surface area contributed by atoms with Crippen LogP contribution in [-0.4, -0.2) is 16.0 Å². The fourth-order valence-electron chi connectivity index (χ4n) is 2.45. The zero-order valence-electron chi connectivity index (χ0n) is 15.2. The van der Waals surface area contributed by atoms with Crippen LogP contribution in [0.1, 0.15) is 17.0 Å². The zero-order valence-corrected chi connectivity index (χ0v) is 16.0. The van der Waals surface area contributed by atoms with Gasteiger partial charge in [-0.05, 0) is 50.6 Å². The molecule has 0 bridgehead atoms. The topological polar surface area (TPSA) is 76.1 Å². The van der Waals surface area contributed by atoms with Crippen LogP contribution in [0, 0.1) is 20.8 Å². The molecule has 0 aliphatic heterocycles. The highest BCUT2D eigenvalue weighted by Crippen LogP contribution is 2.24. The number of carbonyl (C=O) groups is 1. The molecule has 0 saturated carbocycles. The molecule has 2 aromatic carbocycles. The number of aromatic nitrogens is 2. The monoisotopic (exact) mass is 382 g/mol. The molecule has 6 nitrogen and oxygen atoms in total. The molecule has 0 atom stereocenters. The number of urea groups is 1. The van der Waals surface area contributed by atoms with E-state index in [2.05, 4.69) is 20.6 Å². The number of carbonyl (C=O) groups excluding carboxylic acids is 1. The van der Waals surface area contributed by atoms with Crippen molar-refractivity contribution in [3.8, 4) is 11.8 Å². The van der Waals surface area contributed by atoms with Crippen LogP contribution in [0.25, 0.3) is 0 Å². The van der Waals surface area contributed by atoms with E-state index in [0.29, 0.717) is 33.5 Å². The van der Waals surface area contributed by atoms with Crippen molar-refractivity contribution in [1.29, 1.82) is 0 Å². The van der Waals surface area contributed by atoms with Gasteiger partial charge in [0.1, 0.15) is 5.75 Å². The second kappa shape index (κ2) is 8.05. The van der Waals surface area contributed by atoms with Gasteiger partial charge in [0.05, 0.1) is 17.1 Å². The highest BCUT2D eigenvalue weighted by molar-refractivity contribution is 6.31. The normalized spacial score (nSPS) is 10.4. The minimum Gasteiger partial charge on any atom is -0.424 e. The lowest BCUT2D eigenvalue weighted by Crippen LogP contribution is -2.21. The summed E-state index contributed by atoms with van der Waals surface area (Å²) in [6.45, 7) is 5.46. The molecule has 2 amide bonds. The minimum atomic E-state index is -0.401. The summed E-state index contributed by atoms with van der Waals surface area (Å²) in [6.07, 6.45) is 0. The van der Waals surface area contributed by atoms with Crippen molar-refractivity contribution in [3.05, 3.63) is 70.5 Å². The Morgan fingerprint density at radius 3 is 2.26 bits per heavy atom. The number of para-hydroxylation sites is 1. The number of benzene rings is 2. The Kier molecular flexibility index (Phi) is 5.57. The third-order valence-electron chi connectivity index (χ3n) is 3.87. The van der Waals surface area contributed by atoms with E-state index < -0.39 is 6.03 Å². The van der Waals surface area contributed by atoms with Gasteiger partial charge < -0.3 is 15.4 Å². The van der Waals surface area contributed by atoms with Crippen molar-refractivity contribution >= 4 is 29.0 Å². The molecule has 3 rings (SSSR count). The van der Waals surface area contributed by atoms with Gasteiger partial charge in [0.2, 0.25) is 0 Å². The molecule has 0 unspecified atom stereocenters. The van der Waals surface area contributed by atoms with E-state index >= 15 is 0 Å². The van der Waals surface area contributed by atoms with E-state index in [9.17, 15) is 4.79 Å². The largest absolute Gasteiger partial charge is 0.424 e. The number of nitrogens with zero attached hydrogens (tertiary/aromatic N) is 2. The summed E-state index contributed by atoms with van der Waals surface area (Å²) in [4.78, 5) is 20.9. The molecule has 0 aliphatic rings. The third-order valence-corrected chi connectivity index (χ3v) is 4.28. The van der Waals surface area contributed by atoms with Crippen LogP contribution in [0.5, 0.6) is 11.8 Å². The van der Waals surface area contributed by atoms with Gasteiger partial charge in [-0.3, -0.25) is 0 Å². The fraction of sp³-hybridized carbons (Fsp3) is 0.150. The highest BCUT2D eigenvalue weighted by atomic mass is 35.5. The number of rotatable bonds is 4. The number of aryl methyl sites for hydroxylation is 3. The first kappa shape index (κ1) is 18.7. The number of amides is 2. The van der Waals surface area contributed by atoms with Gasteiger partial charge in [-0.1, -0.05) is 35.9 Å². The van der Waals surface area contributed by atoms with Crippen LogP contribution in [0.15, 0.2) is 48.5 Å². The van der Waals surface area contributed by atoms with Gasteiger partial charge in [-0.2, -0.15) is 9.97 Å². The predicted octanol–water partition coefficient (Wildman–Crippen LogP) is 5.49. The predicted molar refractivity (Wildman–Crippen MR) is 107 cm³/mol. The van der Waals surface area contributed by atoms with Crippen LogP contribution in [-0.2, 0) is 0 Å². The average molecular weight is 383 g/mol. The first-order valence-corrected chi connectivity index (χ1v) is 8.72. The molecule has 0 saturated heterocycles. The number of anilines is 2. The quantitative estimate of drug-likeness (QED) is 0.625. The number of hydrogen-bond donors (Lipinski definition) is 2. The summed E-state index contributed by atoms with van der Waals surface area (Å²) >= 11 is 6.09. The van der Waals surface area contributed by atoms with Crippen molar-refractivity contribution in [1.82, 2.24) is 9.97 Å². The molecule has 7 heteroatoms. The standard InChI is InChI=1S/C20H19ClN4O2/c1-12-9-10-15(11-17(12)21)24-19(26)25-18-13(2)22-20(23-14(18)3)27-16-7-5-4-6-8-16/h4-11H,1-3H3,(H2,24,25,26). The van der Waals surface area contributed by atoms with Gasteiger partial charge in [0.15, 0.2) is 0 Å². The summed E-state index contributed by atoms with van der Waals surface area (Å²) in [6, 6.07) is 14.4. The Morgan fingerprint density at radius 1 is 0.963 bits per heavy atom. The van der Waals surface area contributed by atoms with Crippen molar-refractivity contribution in [2.24, 2.45) is 0 Å². The van der Waals surface area contributed by atoms with Crippen molar-refractivity contribution in [2.75, 3.05) is 10.6 Å². The molecule has 0 fully saturated rings. The third kappa shape index (κ3) is 4.74. The molecular weight excluding hydrogens is 364 g/mol. The van der Waals surface area contributed by atoms with Crippen molar-refractivity contribution in [2.45, 2.75) is 20.8 Å². The molecule has 1 aromatic heterocycles. The van der Waals surface area contributed by atoms with Gasteiger partial charge >= 0.3 is 12.0 Å². The Hall–Kier alpha value is -3.12. The number of nitrogens with one attached hydrogen (secondary N) is 2. The maximum Gasteiger partial charge on any atom is 0.323 e. The first-order valence-electron chi connectivity index (χ1n) is 8.34. The molecule has 0 radical (unpaired) electrons. The molecule has 2 N–H and O–H groups in total. The van der Waals surface area contributed by atoms with Gasteiger partial charge in [0, 0.05) is 10.7 Å². The molecule has 1 heterocycles. The van der Waals surface area contributed by atoms with E-state index in [-0.39, 0.29) is 6.01 Å². The summed E-state index contributed by atoms with van der Waals surface area (Å²) < 4.78 is 5.65. The molecule has 0 aliphatic carbocycles. The van der Waals surface area contributed by atoms with E-state index in [1.807, 2.05) is 43.3 Å². The van der Waals surface area contributed by atoms with Crippen LogP contribution < -0.4 is 15.4 Å². The average Bonchev–Trinajstić information content (AvgIpc) is 2.62. The summed E-state index contributed by atoms with van der Waals surface area (Å²) in [7, 11) is 0. The Labute approximate surface area is 162 Å². The fourth-order valence-corrected chi connectivity index (χ4v) is 2.63. The first-order chi connectivity index (χ1) is 12.9. The second-order valence-corrected chi connectivity index (χ2v) is 6.42. The molecule has 0 spiro atoms. The number of ether oxygens (including phenoxy) is 1. The minimum absolute atomic E-state index is 0.229. The van der Waals surface area contributed by atoms with E-state index in [4.69, 9.17) is 16.3 Å². The van der Waals surface area contributed by atoms with E-state index in [1.54, 1.807) is 26.0 Å². The summed E-state index contributed by atoms with van der Waals surface area (Å²) in [5, 5.41) is 6.11. The van der Waals surface area contributed by atoms with Gasteiger partial charge in [-0.15, -0.1) is 0 Å². The van der Waals surface area contributed by atoms with Gasteiger partial charge in [-0.25, -0.2) is 4.79 Å². The van der Waals surface area contributed by atoms with Crippen LogP contribution in [0.2, 0.25) is 5.02 Å². The lowest BCUT2D eigenvalue weighted by Gasteiger charge is -2.13. The number of halogens is 1. The number of hydrogen-bond acceptors (Lipinski definition) is 4. The van der Waals surface area contributed by atoms with Crippen LogP contribution in [0.4, 0.5) is 16.2 Å². The second-order valence-electron chi connectivity index (χ2n) is 6.01. The van der Waals surface area contributed by atoms with Crippen LogP contribution in [0.3, 0.4) is 0 Å². The summed E-state index contributed by atoms with van der Waals surface area (Å²) in [5.41, 5.74) is 3.28. The Morgan fingerprint density at radius 2 is 1.63 bits per heavy atom.